The van der Waals surface area contributed by atoms with Crippen molar-refractivity contribution < 1.29 is 36.0 Å². The third-order valence-electron chi connectivity index (χ3n) is 12.7. The first-order valence-corrected chi connectivity index (χ1v) is 27.2. The lowest BCUT2D eigenvalue weighted by Crippen LogP contribution is -2.59. The predicted octanol–water partition coefficient (Wildman–Crippen LogP) is 3.21. The smallest absolute Gasteiger partial charge is 0.333 e. The van der Waals surface area contributed by atoms with Gasteiger partial charge in [-0.1, -0.05) is 46.7 Å². The van der Waals surface area contributed by atoms with Crippen molar-refractivity contribution in [2.45, 2.75) is 160 Å². The normalized spacial score (nSPS) is 27.1. The molecule has 20 nitrogen and oxygen atoms in total. The second kappa shape index (κ2) is 16.6. The first-order valence-electron chi connectivity index (χ1n) is 19.9. The zero-order valence-electron chi connectivity index (χ0n) is 36.5. The van der Waals surface area contributed by atoms with E-state index < -0.39 is 103 Å². The average Bonchev–Trinajstić information content (AvgIpc) is 3.75. The molecular weight excluding hydrogens is 837 g/mol. The number of hydrogen-bond acceptors (Lipinski definition) is 14. The third-order valence-corrected chi connectivity index (χ3v) is 22.7. The molecule has 3 aliphatic rings. The van der Waals surface area contributed by atoms with Crippen LogP contribution in [0.1, 0.15) is 78.0 Å². The van der Waals surface area contributed by atoms with Gasteiger partial charge in [0, 0.05) is 47.9 Å². The van der Waals surface area contributed by atoms with Gasteiger partial charge in [0.2, 0.25) is 0 Å². The number of aliphatic hydroxyl groups excluding tert-OH is 1. The molecule has 7 atom stereocenters. The molecule has 1 spiro atoms. The van der Waals surface area contributed by atoms with Crippen LogP contribution in [0.15, 0.2) is 47.8 Å². The molecule has 5 rings (SSSR count). The van der Waals surface area contributed by atoms with Crippen LogP contribution in [-0.4, -0.2) is 91.6 Å². The van der Waals surface area contributed by atoms with Gasteiger partial charge in [0.25, 0.3) is 21.2 Å². The Labute approximate surface area is 350 Å². The van der Waals surface area contributed by atoms with Gasteiger partial charge in [-0.3, -0.25) is 27.9 Å². The maximum atomic E-state index is 14.6. The number of azide groups is 1. The Morgan fingerprint density at radius 3 is 1.95 bits per heavy atom. The molecule has 2 aromatic rings. The summed E-state index contributed by atoms with van der Waals surface area (Å²) in [7, 11) is -9.68. The number of rotatable bonds is 13. The summed E-state index contributed by atoms with van der Waals surface area (Å²) in [5.41, 5.74) is 11.0. The molecule has 60 heavy (non-hydrogen) atoms. The van der Waals surface area contributed by atoms with Gasteiger partial charge in [0.05, 0.1) is 36.5 Å². The number of nitrogens with zero attached hydrogens (tertiary/aromatic N) is 7. The first-order chi connectivity index (χ1) is 27.5. The Bertz CT molecular complexity index is 2420. The molecule has 0 aliphatic carbocycles. The highest BCUT2D eigenvalue weighted by molar-refractivity contribution is 7.90. The van der Waals surface area contributed by atoms with Crippen molar-refractivity contribution in [3.8, 4) is 0 Å². The van der Waals surface area contributed by atoms with Gasteiger partial charge in [-0.2, -0.15) is 8.42 Å². The van der Waals surface area contributed by atoms with Gasteiger partial charge in [-0.25, -0.2) is 13.8 Å². The fraction of sp³-hybridized carbons (Fsp3) is 0.730. The summed E-state index contributed by atoms with van der Waals surface area (Å²) < 4.78 is 62.7. The van der Waals surface area contributed by atoms with Gasteiger partial charge in [-0.05, 0) is 62.1 Å². The van der Waals surface area contributed by atoms with E-state index in [4.69, 9.17) is 33.8 Å². The van der Waals surface area contributed by atoms with Crippen molar-refractivity contribution >= 4 is 26.8 Å². The van der Waals surface area contributed by atoms with Crippen LogP contribution < -0.4 is 28.2 Å². The number of hydrogen-bond donors (Lipinski definition) is 2. The molecule has 2 saturated heterocycles. The van der Waals surface area contributed by atoms with E-state index in [2.05, 4.69) is 30.8 Å². The highest BCUT2D eigenvalue weighted by Gasteiger charge is 2.67. The van der Waals surface area contributed by atoms with E-state index in [1.54, 1.807) is 0 Å². The SMILES string of the molecule is Cc1cn([C@@H]2O[C@H](CO[Si](C)(C)C(C)(C)C)C3(OS(=O)(=O)C=C3N)[C@H]2O[Si](C)(C)C(C)(C)C)c(=O)n(CCCn2c(=O)c(C)cn([C@H]3C[C@H](N=[N+]=[N-])[C@@H](CO)O3)c2=O)c1=O. The summed E-state index contributed by atoms with van der Waals surface area (Å²) >= 11 is 0. The zero-order chi connectivity index (χ0) is 45.1. The maximum Gasteiger partial charge on any atom is 0.333 e. The van der Waals surface area contributed by atoms with Gasteiger partial charge < -0.3 is 29.2 Å². The lowest BCUT2D eigenvalue weighted by Gasteiger charge is -2.43. The molecule has 0 radical (unpaired) electrons. The molecule has 1 unspecified atom stereocenters. The van der Waals surface area contributed by atoms with Gasteiger partial charge in [0.15, 0.2) is 28.5 Å². The van der Waals surface area contributed by atoms with E-state index in [0.717, 1.165) is 14.5 Å². The summed E-state index contributed by atoms with van der Waals surface area (Å²) in [5, 5.41) is 13.6. The Kier molecular flexibility index (Phi) is 13.1. The molecule has 0 aromatic carbocycles. The number of nitrogens with two attached hydrogens (primary N) is 1. The second-order valence-electron chi connectivity index (χ2n) is 18.9. The third kappa shape index (κ3) is 8.70. The van der Waals surface area contributed by atoms with Crippen molar-refractivity contribution in [2.24, 2.45) is 10.8 Å². The standard InChI is InChI=1S/C37H60N8O12SSi2/c1-22-17-44(28-16-24(40-41-39)25(19-46)54-28)33(49)42(30(22)47)14-13-15-43-31(48)23(2)18-45(34(43)50)32-29(56-60(11,12)36(6,7)8)37(26(38)21-58(51,52)57-37)27(55-32)20-53-59(9,10)35(3,4)5/h17-18,21,24-25,27-29,32,46H,13-16,19-20,38H2,1-12H3/t24-,25+,27+,28+,29-,32+,37?/m0/s1. The van der Waals surface area contributed by atoms with E-state index in [-0.39, 0.29) is 54.4 Å². The van der Waals surface area contributed by atoms with Crippen LogP contribution in [0.25, 0.3) is 10.4 Å². The van der Waals surface area contributed by atoms with Crippen LogP contribution >= 0.6 is 0 Å². The topological polar surface area (TPSA) is 263 Å². The molecular formula is C37H60N8O12SSi2. The summed E-state index contributed by atoms with van der Waals surface area (Å²) in [6, 6.07) is -0.740. The molecule has 0 saturated carbocycles. The minimum atomic E-state index is -4.34. The minimum absolute atomic E-state index is 0.0251. The number of ether oxygens (including phenoxy) is 2. The van der Waals surface area contributed by atoms with Crippen molar-refractivity contribution in [1.29, 1.82) is 0 Å². The van der Waals surface area contributed by atoms with Crippen LogP contribution in [-0.2, 0) is 45.7 Å². The molecule has 2 fully saturated rings. The summed E-state index contributed by atoms with van der Waals surface area (Å²) in [6.45, 7) is 22.1. The largest absolute Gasteiger partial charge is 0.414 e. The zero-order valence-corrected chi connectivity index (χ0v) is 39.3. The highest BCUT2D eigenvalue weighted by Crippen LogP contribution is 2.52. The molecule has 0 bridgehead atoms. The van der Waals surface area contributed by atoms with Crippen molar-refractivity contribution in [1.82, 2.24) is 18.3 Å². The van der Waals surface area contributed by atoms with Crippen molar-refractivity contribution in [3.05, 3.63) is 86.7 Å². The average molecular weight is 897 g/mol. The molecule has 23 heteroatoms. The van der Waals surface area contributed by atoms with Gasteiger partial charge >= 0.3 is 11.4 Å². The van der Waals surface area contributed by atoms with Gasteiger partial charge in [0.1, 0.15) is 18.4 Å². The number of aliphatic hydroxyl groups is 1. The van der Waals surface area contributed by atoms with Crippen molar-refractivity contribution in [3.63, 3.8) is 0 Å². The maximum absolute atomic E-state index is 14.6. The fourth-order valence-electron chi connectivity index (χ4n) is 7.14. The fourth-order valence-corrected chi connectivity index (χ4v) is 10.6. The van der Waals surface area contributed by atoms with E-state index in [9.17, 15) is 32.7 Å². The number of aromatic nitrogens is 4. The second-order valence-corrected chi connectivity index (χ2v) is 29.9. The van der Waals surface area contributed by atoms with Crippen LogP contribution in [0.5, 0.6) is 0 Å². The molecule has 5 heterocycles. The monoisotopic (exact) mass is 896 g/mol. The Morgan fingerprint density at radius 2 is 1.47 bits per heavy atom. The van der Waals surface area contributed by atoms with Gasteiger partial charge in [-0.15, -0.1) is 0 Å². The van der Waals surface area contributed by atoms with Crippen LogP contribution in [0.4, 0.5) is 0 Å². The predicted molar refractivity (Wildman–Crippen MR) is 227 cm³/mol. The van der Waals surface area contributed by atoms with Crippen LogP contribution in [0, 0.1) is 13.8 Å². The summed E-state index contributed by atoms with van der Waals surface area (Å²) in [6.07, 6.45) is -2.91. The first kappa shape index (κ1) is 47.4. The minimum Gasteiger partial charge on any atom is -0.414 e. The van der Waals surface area contributed by atoms with E-state index in [1.165, 1.54) is 35.4 Å². The van der Waals surface area contributed by atoms with E-state index in [0.29, 0.717) is 0 Å². The Morgan fingerprint density at radius 1 is 0.933 bits per heavy atom. The van der Waals surface area contributed by atoms with E-state index in [1.807, 2.05) is 47.0 Å². The molecule has 0 amide bonds. The molecule has 3 aliphatic heterocycles. The van der Waals surface area contributed by atoms with Crippen LogP contribution in [0.3, 0.4) is 0 Å². The summed E-state index contributed by atoms with van der Waals surface area (Å²) in [4.78, 5) is 58.1. The lowest BCUT2D eigenvalue weighted by atomic mass is 9.89. The molecule has 334 valence electrons. The van der Waals surface area contributed by atoms with E-state index >= 15 is 0 Å². The molecule has 3 N–H and O–H groups in total. The highest BCUT2D eigenvalue weighted by atomic mass is 32.2. The van der Waals surface area contributed by atoms with Crippen LogP contribution in [0.2, 0.25) is 36.3 Å². The van der Waals surface area contributed by atoms with Crippen molar-refractivity contribution in [2.75, 3.05) is 13.2 Å². The molecule has 2 aromatic heterocycles. The number of aryl methyl sites for hydroxylation is 2. The summed E-state index contributed by atoms with van der Waals surface area (Å²) in [5.74, 6) is 0. The Balaban J connectivity index is 1.56. The Hall–Kier alpha value is -3.65. The lowest BCUT2D eigenvalue weighted by molar-refractivity contribution is -0.0567. The quantitative estimate of drug-likeness (QED) is 0.0963.